The highest BCUT2D eigenvalue weighted by Crippen LogP contribution is 2.23. The van der Waals surface area contributed by atoms with Gasteiger partial charge in [-0.2, -0.15) is 0 Å². The van der Waals surface area contributed by atoms with Gasteiger partial charge in [-0.3, -0.25) is 15.1 Å². The second kappa shape index (κ2) is 5.13. The summed E-state index contributed by atoms with van der Waals surface area (Å²) in [6.45, 7) is 0.352. The molecule has 1 heterocycles. The second-order valence-corrected chi connectivity index (χ2v) is 3.64. The molecule has 0 amide bonds. The number of aromatic nitrogens is 1. The van der Waals surface area contributed by atoms with E-state index >= 15 is 0 Å². The number of hydrogen-bond donors (Lipinski definition) is 2. The van der Waals surface area contributed by atoms with E-state index in [1.807, 2.05) is 0 Å². The van der Waals surface area contributed by atoms with E-state index in [9.17, 15) is 10.1 Å². The molecule has 0 spiro atoms. The molecule has 0 radical (unpaired) electrons. The number of hydrogen-bond acceptors (Lipinski definition) is 5. The molecule has 18 heavy (non-hydrogen) atoms. The first-order valence-corrected chi connectivity index (χ1v) is 5.28. The molecular weight excluding hydrogens is 234 g/mol. The van der Waals surface area contributed by atoms with E-state index in [2.05, 4.69) is 10.3 Å². The number of nitro groups is 1. The number of anilines is 1. The zero-order valence-corrected chi connectivity index (χ0v) is 9.41. The highest BCUT2D eigenvalue weighted by molar-refractivity contribution is 5.61. The molecule has 1 aromatic carbocycles. The van der Waals surface area contributed by atoms with Crippen molar-refractivity contribution in [3.8, 4) is 5.75 Å². The van der Waals surface area contributed by atoms with Crippen molar-refractivity contribution >= 4 is 11.4 Å². The summed E-state index contributed by atoms with van der Waals surface area (Å²) in [4.78, 5) is 14.3. The third-order valence-corrected chi connectivity index (χ3v) is 2.37. The van der Waals surface area contributed by atoms with Crippen LogP contribution in [0.2, 0.25) is 0 Å². The van der Waals surface area contributed by atoms with Crippen LogP contribution in [0.25, 0.3) is 0 Å². The van der Waals surface area contributed by atoms with E-state index in [4.69, 9.17) is 5.11 Å². The first-order chi connectivity index (χ1) is 8.66. The van der Waals surface area contributed by atoms with Crippen LogP contribution in [0.3, 0.4) is 0 Å². The minimum atomic E-state index is -0.438. The predicted molar refractivity (Wildman–Crippen MR) is 66.3 cm³/mol. The van der Waals surface area contributed by atoms with Crippen LogP contribution in [0.4, 0.5) is 11.4 Å². The van der Waals surface area contributed by atoms with Crippen LogP contribution >= 0.6 is 0 Å². The van der Waals surface area contributed by atoms with Crippen molar-refractivity contribution in [3.05, 3.63) is 58.4 Å². The highest BCUT2D eigenvalue weighted by Gasteiger charge is 2.11. The Morgan fingerprint density at radius 3 is 2.72 bits per heavy atom. The molecule has 2 rings (SSSR count). The maximum Gasteiger partial charge on any atom is 0.292 e. The van der Waals surface area contributed by atoms with E-state index in [1.165, 1.54) is 18.3 Å². The van der Waals surface area contributed by atoms with Crippen LogP contribution < -0.4 is 5.32 Å². The molecule has 0 atom stereocenters. The molecule has 0 aliphatic carbocycles. The highest BCUT2D eigenvalue weighted by atomic mass is 16.6. The summed E-state index contributed by atoms with van der Waals surface area (Å²) in [5.41, 5.74) is 1.15. The summed E-state index contributed by atoms with van der Waals surface area (Å²) in [7, 11) is 0. The predicted octanol–water partition coefficient (Wildman–Crippen LogP) is 2.31. The third kappa shape index (κ3) is 2.73. The Morgan fingerprint density at radius 2 is 2.06 bits per heavy atom. The number of rotatable bonds is 4. The van der Waals surface area contributed by atoms with Crippen molar-refractivity contribution in [2.75, 3.05) is 5.32 Å². The van der Waals surface area contributed by atoms with Crippen molar-refractivity contribution in [1.82, 2.24) is 4.98 Å². The van der Waals surface area contributed by atoms with Crippen LogP contribution in [0.1, 0.15) is 5.69 Å². The fraction of sp³-hybridized carbons (Fsp3) is 0.0833. The quantitative estimate of drug-likeness (QED) is 0.637. The molecule has 1 aromatic heterocycles. The zero-order chi connectivity index (χ0) is 13.0. The minimum absolute atomic E-state index is 0.0243. The standard InChI is InChI=1S/C12H11N3O3/c16-10-6-5-9(13-8-10)7-14-11-3-1-2-4-12(11)15(17)18/h1-6,8,14,16H,7H2. The van der Waals surface area contributed by atoms with Gasteiger partial charge in [0.25, 0.3) is 5.69 Å². The monoisotopic (exact) mass is 245 g/mol. The number of nitrogens with one attached hydrogen (secondary N) is 1. The molecule has 0 saturated heterocycles. The lowest BCUT2D eigenvalue weighted by Crippen LogP contribution is -2.03. The van der Waals surface area contributed by atoms with Crippen LogP contribution in [0, 0.1) is 10.1 Å². The first kappa shape index (κ1) is 11.8. The number of pyridine rings is 1. The Morgan fingerprint density at radius 1 is 1.28 bits per heavy atom. The van der Waals surface area contributed by atoms with Gasteiger partial charge in [0.15, 0.2) is 0 Å². The topological polar surface area (TPSA) is 88.3 Å². The van der Waals surface area contributed by atoms with Crippen molar-refractivity contribution in [2.24, 2.45) is 0 Å². The molecule has 6 heteroatoms. The van der Waals surface area contributed by atoms with Crippen molar-refractivity contribution in [3.63, 3.8) is 0 Å². The van der Waals surface area contributed by atoms with E-state index in [0.29, 0.717) is 17.9 Å². The zero-order valence-electron chi connectivity index (χ0n) is 9.41. The maximum atomic E-state index is 10.8. The Labute approximate surface area is 103 Å². The fourth-order valence-electron chi connectivity index (χ4n) is 1.49. The summed E-state index contributed by atoms with van der Waals surface area (Å²) in [6, 6.07) is 9.58. The number of nitro benzene ring substituents is 1. The molecule has 0 bridgehead atoms. The Bertz CT molecular complexity index is 555. The number of nitrogens with zero attached hydrogens (tertiary/aromatic N) is 2. The molecule has 0 aliphatic heterocycles. The van der Waals surface area contributed by atoms with Crippen molar-refractivity contribution < 1.29 is 10.0 Å². The Balaban J connectivity index is 2.10. The SMILES string of the molecule is O=[N+]([O-])c1ccccc1NCc1ccc(O)cn1. The lowest BCUT2D eigenvalue weighted by Gasteiger charge is -2.06. The normalized spacial score (nSPS) is 10.0. The van der Waals surface area contributed by atoms with Gasteiger partial charge in [-0.1, -0.05) is 12.1 Å². The van der Waals surface area contributed by atoms with Gasteiger partial charge >= 0.3 is 0 Å². The smallest absolute Gasteiger partial charge is 0.292 e. The molecule has 0 aliphatic rings. The van der Waals surface area contributed by atoms with Gasteiger partial charge in [-0.15, -0.1) is 0 Å². The molecule has 2 N–H and O–H groups in total. The lowest BCUT2D eigenvalue weighted by atomic mass is 10.2. The van der Waals surface area contributed by atoms with Gasteiger partial charge in [0, 0.05) is 6.07 Å². The minimum Gasteiger partial charge on any atom is -0.506 e. The second-order valence-electron chi connectivity index (χ2n) is 3.64. The first-order valence-electron chi connectivity index (χ1n) is 5.28. The van der Waals surface area contributed by atoms with Gasteiger partial charge < -0.3 is 10.4 Å². The molecule has 6 nitrogen and oxygen atoms in total. The lowest BCUT2D eigenvalue weighted by molar-refractivity contribution is -0.384. The van der Waals surface area contributed by atoms with E-state index in [0.717, 1.165) is 0 Å². The molecular formula is C12H11N3O3. The van der Waals surface area contributed by atoms with Gasteiger partial charge in [0.2, 0.25) is 0 Å². The number of para-hydroxylation sites is 2. The average molecular weight is 245 g/mol. The molecule has 92 valence electrons. The van der Waals surface area contributed by atoms with Crippen LogP contribution in [0.15, 0.2) is 42.6 Å². The number of aromatic hydroxyl groups is 1. The average Bonchev–Trinajstić information content (AvgIpc) is 2.38. The van der Waals surface area contributed by atoms with Crippen LogP contribution in [-0.4, -0.2) is 15.0 Å². The summed E-state index contributed by atoms with van der Waals surface area (Å²) in [6.07, 6.45) is 1.33. The van der Waals surface area contributed by atoms with Crippen LogP contribution in [-0.2, 0) is 6.54 Å². The van der Waals surface area contributed by atoms with E-state index in [1.54, 1.807) is 24.3 Å². The molecule has 0 unspecified atom stereocenters. The largest absolute Gasteiger partial charge is 0.506 e. The summed E-state index contributed by atoms with van der Waals surface area (Å²) < 4.78 is 0. The fourth-order valence-corrected chi connectivity index (χ4v) is 1.49. The summed E-state index contributed by atoms with van der Waals surface area (Å²) >= 11 is 0. The van der Waals surface area contributed by atoms with Crippen molar-refractivity contribution in [2.45, 2.75) is 6.54 Å². The van der Waals surface area contributed by atoms with Crippen LogP contribution in [0.5, 0.6) is 5.75 Å². The maximum absolute atomic E-state index is 10.8. The van der Waals surface area contributed by atoms with Gasteiger partial charge in [0.1, 0.15) is 11.4 Å². The van der Waals surface area contributed by atoms with Crippen molar-refractivity contribution in [1.29, 1.82) is 0 Å². The Kier molecular flexibility index (Phi) is 3.38. The molecule has 0 fully saturated rings. The Hall–Kier alpha value is -2.63. The van der Waals surface area contributed by atoms with Gasteiger partial charge in [-0.05, 0) is 18.2 Å². The molecule has 0 saturated carbocycles. The summed E-state index contributed by atoms with van der Waals surface area (Å²) in [5.74, 6) is 0.0874. The van der Waals surface area contributed by atoms with Gasteiger partial charge in [0.05, 0.1) is 23.4 Å². The van der Waals surface area contributed by atoms with E-state index in [-0.39, 0.29) is 11.4 Å². The number of benzene rings is 1. The molecule has 2 aromatic rings. The van der Waals surface area contributed by atoms with Gasteiger partial charge in [-0.25, -0.2) is 0 Å². The van der Waals surface area contributed by atoms with E-state index < -0.39 is 4.92 Å². The summed E-state index contributed by atoms with van der Waals surface area (Å²) in [5, 5.41) is 22.8. The third-order valence-electron chi connectivity index (χ3n) is 2.37.